The molecule has 1 saturated carbocycles. The number of carbonyl (C=O) groups excluding carboxylic acids is 1. The summed E-state index contributed by atoms with van der Waals surface area (Å²) in [5, 5.41) is -1.40. The largest absolute Gasteiger partial charge is 0.460 e. The molecule has 0 aliphatic heterocycles. The van der Waals surface area contributed by atoms with Crippen LogP contribution in [0, 0.1) is 40.5 Å². The lowest BCUT2D eigenvalue weighted by Gasteiger charge is -2.12. The SMILES string of the molecule is CCCCc1c(F)c(F)c(COC(=O)[C@H]2[C@@H](C=C(Cl)C(F)(F)F)C2(C)C)c(F)c1F. The van der Waals surface area contributed by atoms with Crippen LogP contribution in [0.15, 0.2) is 11.1 Å². The number of halogens is 8. The van der Waals surface area contributed by atoms with Gasteiger partial charge in [0.05, 0.1) is 11.5 Å². The lowest BCUT2D eigenvalue weighted by atomic mass is 10.0. The number of alkyl halides is 3. The van der Waals surface area contributed by atoms with E-state index in [-0.39, 0.29) is 6.42 Å². The molecule has 2 atom stereocenters. The third kappa shape index (κ3) is 4.76. The molecule has 0 heterocycles. The van der Waals surface area contributed by atoms with E-state index in [2.05, 4.69) is 0 Å². The van der Waals surface area contributed by atoms with Crippen molar-refractivity contribution in [2.24, 2.45) is 17.3 Å². The summed E-state index contributed by atoms with van der Waals surface area (Å²) in [6.45, 7) is 3.61. The first-order valence-corrected chi connectivity index (χ1v) is 9.57. The van der Waals surface area contributed by atoms with Crippen LogP contribution in [-0.2, 0) is 22.6 Å². The first kappa shape index (κ1) is 24.5. The van der Waals surface area contributed by atoms with Crippen LogP contribution in [0.4, 0.5) is 30.7 Å². The molecular weight excluding hydrogens is 441 g/mol. The van der Waals surface area contributed by atoms with E-state index in [1.54, 1.807) is 6.92 Å². The highest BCUT2D eigenvalue weighted by Crippen LogP contribution is 2.60. The van der Waals surface area contributed by atoms with Crippen molar-refractivity contribution < 1.29 is 40.3 Å². The fourth-order valence-electron chi connectivity index (χ4n) is 3.35. The molecule has 0 unspecified atom stereocenters. The minimum Gasteiger partial charge on any atom is -0.460 e. The van der Waals surface area contributed by atoms with Gasteiger partial charge in [0.2, 0.25) is 0 Å². The molecular formula is C20H20ClF7O2. The molecule has 10 heteroatoms. The minimum absolute atomic E-state index is 0.202. The molecule has 1 aromatic carbocycles. The molecule has 0 spiro atoms. The summed E-state index contributed by atoms with van der Waals surface area (Å²) in [4.78, 5) is 12.2. The number of ether oxygens (including phenoxy) is 1. The minimum atomic E-state index is -4.78. The number of benzene rings is 1. The maximum Gasteiger partial charge on any atom is 0.426 e. The van der Waals surface area contributed by atoms with E-state index >= 15 is 0 Å². The summed E-state index contributed by atoms with van der Waals surface area (Å²) in [6, 6.07) is 0. The van der Waals surface area contributed by atoms with Crippen molar-refractivity contribution in [3.63, 3.8) is 0 Å². The molecule has 0 bridgehead atoms. The second-order valence-corrected chi connectivity index (χ2v) is 8.17. The monoisotopic (exact) mass is 460 g/mol. The van der Waals surface area contributed by atoms with Gasteiger partial charge in [-0.15, -0.1) is 0 Å². The first-order chi connectivity index (χ1) is 13.7. The number of rotatable bonds is 7. The smallest absolute Gasteiger partial charge is 0.426 e. The topological polar surface area (TPSA) is 26.3 Å². The summed E-state index contributed by atoms with van der Waals surface area (Å²) in [5.74, 6) is -9.48. The van der Waals surface area contributed by atoms with Gasteiger partial charge in [0.15, 0.2) is 23.3 Å². The van der Waals surface area contributed by atoms with Gasteiger partial charge in [-0.2, -0.15) is 13.2 Å². The average Bonchev–Trinajstić information content (AvgIpc) is 3.19. The fraction of sp³-hybridized carbons (Fsp3) is 0.550. The van der Waals surface area contributed by atoms with Crippen molar-refractivity contribution in [2.75, 3.05) is 0 Å². The van der Waals surface area contributed by atoms with Crippen LogP contribution < -0.4 is 0 Å². The normalized spacial score (nSPS) is 21.0. The summed E-state index contributed by atoms with van der Waals surface area (Å²) in [7, 11) is 0. The Morgan fingerprint density at radius 2 is 1.57 bits per heavy atom. The van der Waals surface area contributed by atoms with E-state index in [1.807, 2.05) is 0 Å². The summed E-state index contributed by atoms with van der Waals surface area (Å²) in [5.41, 5.74) is -2.77. The van der Waals surface area contributed by atoms with Crippen LogP contribution in [-0.4, -0.2) is 12.1 Å². The van der Waals surface area contributed by atoms with Crippen molar-refractivity contribution in [3.8, 4) is 0 Å². The Hall–Kier alpha value is -1.77. The molecule has 168 valence electrons. The Kier molecular flexibility index (Phi) is 7.16. The first-order valence-electron chi connectivity index (χ1n) is 9.19. The molecule has 2 nitrogen and oxygen atoms in total. The highest BCUT2D eigenvalue weighted by molar-refractivity contribution is 6.30. The van der Waals surface area contributed by atoms with E-state index < -0.39 is 75.4 Å². The van der Waals surface area contributed by atoms with Crippen LogP contribution in [0.25, 0.3) is 0 Å². The Morgan fingerprint density at radius 1 is 1.07 bits per heavy atom. The third-order valence-electron chi connectivity index (χ3n) is 5.35. The van der Waals surface area contributed by atoms with Crippen LogP contribution in [0.1, 0.15) is 44.7 Å². The predicted octanol–water partition coefficient (Wildman–Crippen LogP) is 6.59. The third-order valence-corrected chi connectivity index (χ3v) is 5.69. The van der Waals surface area contributed by atoms with Gasteiger partial charge in [-0.05, 0) is 24.2 Å². The van der Waals surface area contributed by atoms with E-state index in [4.69, 9.17) is 16.3 Å². The number of carbonyl (C=O) groups is 1. The average molecular weight is 461 g/mol. The van der Waals surface area contributed by atoms with E-state index in [0.717, 1.165) is 0 Å². The Bertz CT molecular complexity index is 833. The number of esters is 1. The zero-order valence-electron chi connectivity index (χ0n) is 16.4. The summed E-state index contributed by atoms with van der Waals surface area (Å²) in [6.07, 6.45) is -3.45. The van der Waals surface area contributed by atoms with E-state index in [9.17, 15) is 35.5 Å². The summed E-state index contributed by atoms with van der Waals surface area (Å²) < 4.78 is 99.2. The maximum atomic E-state index is 14.2. The highest BCUT2D eigenvalue weighted by Gasteiger charge is 2.62. The van der Waals surface area contributed by atoms with Crippen molar-refractivity contribution in [3.05, 3.63) is 45.5 Å². The second kappa shape index (κ2) is 8.77. The van der Waals surface area contributed by atoms with Gasteiger partial charge in [-0.3, -0.25) is 4.79 Å². The standard InChI is InChI=1S/C20H20ClF7O2/c1-4-5-6-9-14(22)16(24)10(17(25)15(9)23)8-30-18(29)13-11(19(13,2)3)7-12(21)20(26,27)28/h7,11,13H,4-6,8H2,1-3H3/t11-,13-/m1/s1. The predicted molar refractivity (Wildman–Crippen MR) is 95.4 cm³/mol. The van der Waals surface area contributed by atoms with Crippen molar-refractivity contribution in [2.45, 2.75) is 52.8 Å². The van der Waals surface area contributed by atoms with Gasteiger partial charge in [-0.1, -0.05) is 44.9 Å². The van der Waals surface area contributed by atoms with Crippen LogP contribution in [0.3, 0.4) is 0 Å². The summed E-state index contributed by atoms with van der Waals surface area (Å²) >= 11 is 5.19. The zero-order valence-corrected chi connectivity index (χ0v) is 17.2. The zero-order chi connectivity index (χ0) is 23.0. The fourth-order valence-corrected chi connectivity index (χ4v) is 3.48. The lowest BCUT2D eigenvalue weighted by molar-refractivity contribution is -0.147. The van der Waals surface area contributed by atoms with Gasteiger partial charge < -0.3 is 4.74 Å². The van der Waals surface area contributed by atoms with Gasteiger partial charge in [-0.25, -0.2) is 17.6 Å². The Balaban J connectivity index is 2.17. The number of unbranched alkanes of at least 4 members (excludes halogenated alkanes) is 1. The molecule has 0 N–H and O–H groups in total. The molecule has 1 aliphatic carbocycles. The van der Waals surface area contributed by atoms with Gasteiger partial charge in [0, 0.05) is 5.56 Å². The quantitative estimate of drug-likeness (QED) is 0.261. The molecule has 0 aromatic heterocycles. The molecule has 0 radical (unpaired) electrons. The lowest BCUT2D eigenvalue weighted by Crippen LogP contribution is -2.15. The molecule has 1 aromatic rings. The van der Waals surface area contributed by atoms with Gasteiger partial charge in [0.25, 0.3) is 0 Å². The van der Waals surface area contributed by atoms with Crippen LogP contribution >= 0.6 is 11.6 Å². The number of allylic oxidation sites excluding steroid dienone is 2. The Labute approximate surface area is 174 Å². The highest BCUT2D eigenvalue weighted by atomic mass is 35.5. The Morgan fingerprint density at radius 3 is 2.03 bits per heavy atom. The molecule has 1 fully saturated rings. The number of hydrogen-bond acceptors (Lipinski definition) is 2. The molecule has 1 aliphatic rings. The molecule has 2 rings (SSSR count). The molecule has 0 saturated heterocycles. The van der Waals surface area contributed by atoms with Gasteiger partial charge in [0.1, 0.15) is 11.6 Å². The van der Waals surface area contributed by atoms with Gasteiger partial charge >= 0.3 is 12.1 Å². The van der Waals surface area contributed by atoms with Crippen molar-refractivity contribution in [1.82, 2.24) is 0 Å². The van der Waals surface area contributed by atoms with E-state index in [0.29, 0.717) is 18.9 Å². The van der Waals surface area contributed by atoms with E-state index in [1.165, 1.54) is 13.8 Å². The van der Waals surface area contributed by atoms with Crippen LogP contribution in [0.5, 0.6) is 0 Å². The van der Waals surface area contributed by atoms with Crippen molar-refractivity contribution in [1.29, 1.82) is 0 Å². The second-order valence-electron chi connectivity index (χ2n) is 7.76. The maximum absolute atomic E-state index is 14.2. The number of hydrogen-bond donors (Lipinski definition) is 0. The van der Waals surface area contributed by atoms with Crippen molar-refractivity contribution >= 4 is 17.6 Å². The molecule has 0 amide bonds. The molecule has 30 heavy (non-hydrogen) atoms. The van der Waals surface area contributed by atoms with Crippen LogP contribution in [0.2, 0.25) is 0 Å².